The first-order chi connectivity index (χ1) is 24.7. The number of nitrogens with one attached hydrogen (secondary N) is 3. The normalized spacial score (nSPS) is 24.9. The van der Waals surface area contributed by atoms with Crippen LogP contribution in [0.5, 0.6) is 0 Å². The van der Waals surface area contributed by atoms with Gasteiger partial charge < -0.3 is 44.7 Å². The lowest BCUT2D eigenvalue weighted by atomic mass is 10.2. The standard InChI is InChI=1S/2C13H21NO4.C11H17NO4.CH4.S2.H2S/c2*1-6-9-8-13(9,10(15)17-7-2)14-11(16)18-12(3,4)5;1-5-7-6-11(7,8(13)14)12-9(15)16-10(2,3)4;;1-2;/h2*6,9H,1,7-8H2,2-5H3,(H,14,16);5,7H,1,6H2,2-4H3,(H,12,15)(H,13,14);1H4;;1H2/t2*9-,13-;7-,11-;;;/m100.../s1. The summed E-state index contributed by atoms with van der Waals surface area (Å²) in [6, 6.07) is 0. The summed E-state index contributed by atoms with van der Waals surface area (Å²) in [5, 5.41) is 16.6. The molecule has 6 atom stereocenters. The average molecular weight is 852 g/mol. The second-order valence-corrected chi connectivity index (χ2v) is 15.7. The number of carbonyl (C=O) groups is 6. The predicted molar refractivity (Wildman–Crippen MR) is 224 cm³/mol. The van der Waals surface area contributed by atoms with Crippen molar-refractivity contribution in [3.63, 3.8) is 0 Å². The Bertz CT molecular complexity index is 1340. The molecule has 0 aromatic rings. The van der Waals surface area contributed by atoms with Gasteiger partial charge in [0.1, 0.15) is 33.4 Å². The van der Waals surface area contributed by atoms with Crippen molar-refractivity contribution >= 4 is 72.1 Å². The van der Waals surface area contributed by atoms with Crippen LogP contribution in [0.25, 0.3) is 0 Å². The van der Waals surface area contributed by atoms with E-state index in [4.69, 9.17) is 28.8 Å². The van der Waals surface area contributed by atoms with Gasteiger partial charge in [-0.2, -0.15) is 13.5 Å². The van der Waals surface area contributed by atoms with Gasteiger partial charge in [-0.15, -0.1) is 19.7 Å². The van der Waals surface area contributed by atoms with Crippen LogP contribution in [0.3, 0.4) is 0 Å². The van der Waals surface area contributed by atoms with Gasteiger partial charge in [-0.25, -0.2) is 28.8 Å². The summed E-state index contributed by atoms with van der Waals surface area (Å²) in [5.74, 6) is -2.32. The molecule has 3 fully saturated rings. The Balaban J connectivity index is -0.000000724. The Morgan fingerprint density at radius 3 is 1.02 bits per heavy atom. The minimum Gasteiger partial charge on any atom is -0.479 e. The number of carbonyl (C=O) groups excluding carboxylic acids is 5. The van der Waals surface area contributed by atoms with Gasteiger partial charge in [-0.1, -0.05) is 25.7 Å². The van der Waals surface area contributed by atoms with Crippen molar-refractivity contribution in [2.24, 2.45) is 17.8 Å². The van der Waals surface area contributed by atoms with Crippen LogP contribution in [0.4, 0.5) is 14.4 Å². The first-order valence-corrected chi connectivity index (χ1v) is 18.7. The molecule has 56 heavy (non-hydrogen) atoms. The van der Waals surface area contributed by atoms with Crippen LogP contribution in [-0.4, -0.2) is 87.9 Å². The molecule has 18 heteroatoms. The first kappa shape index (κ1) is 56.6. The van der Waals surface area contributed by atoms with E-state index >= 15 is 0 Å². The molecular formula is C38H65N3O12S3. The fourth-order valence-corrected chi connectivity index (χ4v) is 5.00. The van der Waals surface area contributed by atoms with E-state index in [1.165, 1.54) is 6.08 Å². The molecule has 0 radical (unpaired) electrons. The van der Waals surface area contributed by atoms with E-state index in [-0.39, 0.29) is 51.9 Å². The molecule has 3 saturated carbocycles. The van der Waals surface area contributed by atoms with E-state index < -0.39 is 69.6 Å². The van der Waals surface area contributed by atoms with Crippen molar-refractivity contribution in [3.05, 3.63) is 38.0 Å². The number of ether oxygens (including phenoxy) is 5. The molecule has 0 aromatic heterocycles. The number of carboxylic acids is 1. The minimum atomic E-state index is -1.22. The van der Waals surface area contributed by atoms with Gasteiger partial charge in [-0.3, -0.25) is 0 Å². The highest BCUT2D eigenvalue weighted by Gasteiger charge is 2.63. The molecular weight excluding hydrogens is 787 g/mol. The van der Waals surface area contributed by atoms with Crippen LogP contribution in [0.15, 0.2) is 38.0 Å². The van der Waals surface area contributed by atoms with Crippen molar-refractivity contribution in [2.75, 3.05) is 13.2 Å². The number of amides is 3. The number of carboxylic acid groups (broad SMARTS) is 1. The fraction of sp³-hybridized carbons (Fsp3) is 0.684. The van der Waals surface area contributed by atoms with Crippen molar-refractivity contribution in [1.82, 2.24) is 16.0 Å². The van der Waals surface area contributed by atoms with Gasteiger partial charge in [0.05, 0.1) is 13.2 Å². The van der Waals surface area contributed by atoms with Gasteiger partial charge in [-0.05, 0) is 95.4 Å². The molecule has 15 nitrogen and oxygen atoms in total. The number of hydrogen-bond donors (Lipinski definition) is 4. The highest BCUT2D eigenvalue weighted by Crippen LogP contribution is 2.47. The van der Waals surface area contributed by atoms with Gasteiger partial charge in [0.2, 0.25) is 0 Å². The smallest absolute Gasteiger partial charge is 0.408 e. The molecule has 4 N–H and O–H groups in total. The maximum atomic E-state index is 11.9. The van der Waals surface area contributed by atoms with Crippen LogP contribution >= 0.6 is 13.5 Å². The van der Waals surface area contributed by atoms with E-state index in [1.54, 1.807) is 88.3 Å². The first-order valence-electron chi connectivity index (χ1n) is 17.4. The molecule has 3 rings (SSSR count). The molecule has 322 valence electrons. The molecule has 0 saturated heterocycles. The van der Waals surface area contributed by atoms with E-state index in [0.29, 0.717) is 19.3 Å². The maximum Gasteiger partial charge on any atom is 0.408 e. The number of hydrogen-bond acceptors (Lipinski definition) is 13. The molecule has 0 aromatic carbocycles. The predicted octanol–water partition coefficient (Wildman–Crippen LogP) is 6.32. The second kappa shape index (κ2) is 22.8. The van der Waals surface area contributed by atoms with Crippen LogP contribution in [0.2, 0.25) is 0 Å². The van der Waals surface area contributed by atoms with Crippen molar-refractivity contribution in [2.45, 2.75) is 136 Å². The topological polar surface area (TPSA) is 205 Å². The lowest BCUT2D eigenvalue weighted by molar-refractivity contribution is -0.148. The lowest BCUT2D eigenvalue weighted by Crippen LogP contribution is -2.47. The quantitative estimate of drug-likeness (QED) is 0.102. The molecule has 0 heterocycles. The summed E-state index contributed by atoms with van der Waals surface area (Å²) in [7, 11) is 0. The molecule has 0 aliphatic heterocycles. The van der Waals surface area contributed by atoms with Gasteiger partial charge >= 0.3 is 36.2 Å². The summed E-state index contributed by atoms with van der Waals surface area (Å²) in [6.07, 6.45) is 4.28. The Labute approximate surface area is 349 Å². The molecule has 0 unspecified atom stereocenters. The fourth-order valence-electron chi connectivity index (χ4n) is 5.00. The maximum absolute atomic E-state index is 11.9. The van der Waals surface area contributed by atoms with Gasteiger partial charge in [0.15, 0.2) is 0 Å². The summed E-state index contributed by atoms with van der Waals surface area (Å²) in [5.41, 5.74) is -5.02. The highest BCUT2D eigenvalue weighted by molar-refractivity contribution is 8.07. The van der Waals surface area contributed by atoms with E-state index in [0.717, 1.165) is 0 Å². The zero-order chi connectivity index (χ0) is 42.5. The molecule has 3 amide bonds. The van der Waals surface area contributed by atoms with E-state index in [9.17, 15) is 28.8 Å². The third-order valence-corrected chi connectivity index (χ3v) is 7.73. The lowest BCUT2D eigenvalue weighted by Gasteiger charge is -2.23. The Kier molecular flexibility index (Phi) is 23.1. The summed E-state index contributed by atoms with van der Waals surface area (Å²) in [4.78, 5) is 69.6. The van der Waals surface area contributed by atoms with Crippen molar-refractivity contribution < 1.29 is 57.6 Å². The Morgan fingerprint density at radius 1 is 0.607 bits per heavy atom. The number of esters is 2. The Hall–Kier alpha value is -3.77. The molecule has 3 aliphatic rings. The monoisotopic (exact) mass is 851 g/mol. The zero-order valence-electron chi connectivity index (χ0n) is 33.9. The largest absolute Gasteiger partial charge is 0.479 e. The van der Waals surface area contributed by atoms with Crippen LogP contribution < -0.4 is 16.0 Å². The van der Waals surface area contributed by atoms with E-state index in [2.05, 4.69) is 58.1 Å². The summed E-state index contributed by atoms with van der Waals surface area (Å²) >= 11 is 7.33. The van der Waals surface area contributed by atoms with Crippen LogP contribution in [0, 0.1) is 17.8 Å². The molecule has 3 aliphatic carbocycles. The highest BCUT2D eigenvalue weighted by atomic mass is 32.8. The van der Waals surface area contributed by atoms with E-state index in [1.807, 2.05) is 0 Å². The van der Waals surface area contributed by atoms with Crippen LogP contribution in [-0.2, 0) is 60.4 Å². The van der Waals surface area contributed by atoms with Gasteiger partial charge in [0.25, 0.3) is 0 Å². The Morgan fingerprint density at radius 2 is 0.839 bits per heavy atom. The number of aliphatic carboxylic acids is 1. The molecule has 0 bridgehead atoms. The summed E-state index contributed by atoms with van der Waals surface area (Å²) in [6.45, 7) is 30.6. The number of rotatable bonds is 11. The molecule has 0 spiro atoms. The second-order valence-electron chi connectivity index (χ2n) is 15.7. The van der Waals surface area contributed by atoms with Gasteiger partial charge in [0, 0.05) is 40.1 Å². The van der Waals surface area contributed by atoms with Crippen molar-refractivity contribution in [1.29, 1.82) is 0 Å². The minimum absolute atomic E-state index is 0. The SMILES string of the molecule is C.C=C[C@@H]1C[C@]1(NC(=O)OC(C)(C)C)C(=O)OCC.C=C[C@H]1C[C@@]1(NC(=O)OC(C)(C)C)C(=O)O.C=C[C@H]1C[C@@]1(NC(=O)OC(C)(C)C)C(=O)OCC.S.S=S. The van der Waals surface area contributed by atoms with Crippen LogP contribution in [0.1, 0.15) is 103 Å². The number of alkyl carbamates (subject to hydrolysis) is 3. The third kappa shape index (κ3) is 17.6. The average Bonchev–Trinajstić information content (AvgIpc) is 3.95. The zero-order valence-corrected chi connectivity index (χ0v) is 36.5. The third-order valence-electron chi connectivity index (χ3n) is 7.73. The van der Waals surface area contributed by atoms with Crippen molar-refractivity contribution in [3.8, 4) is 0 Å². The summed E-state index contributed by atoms with van der Waals surface area (Å²) < 4.78 is 25.2.